The van der Waals surface area contributed by atoms with E-state index in [0.717, 1.165) is 28.3 Å². The summed E-state index contributed by atoms with van der Waals surface area (Å²) in [4.78, 5) is 26.3. The number of nitrogens with zero attached hydrogens (tertiary/aromatic N) is 5. The van der Waals surface area contributed by atoms with E-state index in [4.69, 9.17) is 10.3 Å². The fraction of sp³-hybridized carbons (Fsp3) is 0.346. The molecule has 3 heterocycles. The average Bonchev–Trinajstić information content (AvgIpc) is 3.60. The van der Waals surface area contributed by atoms with Gasteiger partial charge in [0.05, 0.1) is 17.6 Å². The van der Waals surface area contributed by atoms with E-state index in [1.165, 1.54) is 23.8 Å². The maximum atomic E-state index is 13.4. The van der Waals surface area contributed by atoms with E-state index in [1.54, 1.807) is 11.1 Å². The van der Waals surface area contributed by atoms with Crippen LogP contribution in [0.15, 0.2) is 53.6 Å². The molecule has 0 radical (unpaired) electrons. The number of nitrogens with two attached hydrogens (primary N) is 1. The van der Waals surface area contributed by atoms with Crippen LogP contribution in [0.25, 0.3) is 10.4 Å². The number of thiazole rings is 1. The van der Waals surface area contributed by atoms with E-state index >= 15 is 0 Å². The number of halogens is 3. The number of aryl methyl sites for hydroxylation is 1. The summed E-state index contributed by atoms with van der Waals surface area (Å²) in [5, 5.41) is 15.5. The molecule has 0 bridgehead atoms. The Morgan fingerprint density at radius 1 is 1.23 bits per heavy atom. The lowest BCUT2D eigenvalue weighted by atomic mass is 9.79. The van der Waals surface area contributed by atoms with Crippen LogP contribution >= 0.6 is 11.3 Å². The summed E-state index contributed by atoms with van der Waals surface area (Å²) in [6.45, 7) is 1.99. The van der Waals surface area contributed by atoms with Crippen molar-refractivity contribution in [1.29, 1.82) is 0 Å². The molecule has 3 aromatic heterocycles. The zero-order valence-corrected chi connectivity index (χ0v) is 21.7. The van der Waals surface area contributed by atoms with Crippen LogP contribution in [0.1, 0.15) is 47.5 Å². The maximum absolute atomic E-state index is 13.4. The molecule has 4 aromatic rings. The van der Waals surface area contributed by atoms with E-state index in [2.05, 4.69) is 20.1 Å². The van der Waals surface area contributed by atoms with Crippen molar-refractivity contribution in [2.45, 2.75) is 50.9 Å². The third-order valence-electron chi connectivity index (χ3n) is 6.78. The van der Waals surface area contributed by atoms with Crippen LogP contribution in [0.3, 0.4) is 0 Å². The molecule has 1 aliphatic rings. The molecule has 3 N–H and O–H groups in total. The van der Waals surface area contributed by atoms with Gasteiger partial charge in [-0.3, -0.25) is 4.79 Å². The summed E-state index contributed by atoms with van der Waals surface area (Å²) in [6, 6.07) is 6.39. The van der Waals surface area contributed by atoms with Gasteiger partial charge in [0, 0.05) is 29.6 Å². The quantitative estimate of drug-likeness (QED) is 0.320. The van der Waals surface area contributed by atoms with Crippen molar-refractivity contribution in [2.75, 3.05) is 4.90 Å². The highest BCUT2D eigenvalue weighted by Gasteiger charge is 2.39. The maximum Gasteiger partial charge on any atom is 0.433 e. The van der Waals surface area contributed by atoms with Gasteiger partial charge in [-0.15, -0.1) is 11.3 Å². The first-order valence-electron chi connectivity index (χ1n) is 12.2. The van der Waals surface area contributed by atoms with Gasteiger partial charge < -0.3 is 20.3 Å². The monoisotopic (exact) mass is 558 g/mol. The van der Waals surface area contributed by atoms with E-state index in [-0.39, 0.29) is 24.3 Å². The minimum atomic E-state index is -4.63. The van der Waals surface area contributed by atoms with Crippen molar-refractivity contribution >= 4 is 28.9 Å². The molecule has 0 saturated heterocycles. The lowest BCUT2D eigenvalue weighted by Gasteiger charge is -2.33. The van der Waals surface area contributed by atoms with Crippen molar-refractivity contribution in [3.8, 4) is 10.4 Å². The summed E-state index contributed by atoms with van der Waals surface area (Å²) >= 11 is 1.34. The second-order valence-electron chi connectivity index (χ2n) is 9.65. The second kappa shape index (κ2) is 10.4. The summed E-state index contributed by atoms with van der Waals surface area (Å²) in [6.07, 6.45) is 2.73. The van der Waals surface area contributed by atoms with Crippen molar-refractivity contribution in [2.24, 2.45) is 11.7 Å². The number of anilines is 2. The third kappa shape index (κ3) is 5.78. The Morgan fingerprint density at radius 3 is 2.67 bits per heavy atom. The second-order valence-corrected chi connectivity index (χ2v) is 10.7. The van der Waals surface area contributed by atoms with E-state index < -0.39 is 17.5 Å². The molecule has 1 aliphatic carbocycles. The number of aromatic nitrogens is 4. The van der Waals surface area contributed by atoms with Gasteiger partial charge in [-0.1, -0.05) is 11.2 Å². The van der Waals surface area contributed by atoms with Crippen molar-refractivity contribution in [3.63, 3.8) is 0 Å². The Kier molecular flexibility index (Phi) is 7.12. The molecular weight excluding hydrogens is 533 g/mol. The Labute approximate surface area is 225 Å². The fourth-order valence-electron chi connectivity index (χ4n) is 4.68. The molecule has 39 heavy (non-hydrogen) atoms. The predicted octanol–water partition coefficient (Wildman–Crippen LogP) is 5.12. The molecule has 1 saturated carbocycles. The van der Waals surface area contributed by atoms with Gasteiger partial charge in [-0.25, -0.2) is 15.0 Å². The molecule has 5 rings (SSSR count). The third-order valence-corrected chi connectivity index (χ3v) is 8.02. The van der Waals surface area contributed by atoms with Gasteiger partial charge in [0.25, 0.3) is 0 Å². The van der Waals surface area contributed by atoms with Crippen LogP contribution in [-0.4, -0.2) is 31.1 Å². The molecule has 204 valence electrons. The van der Waals surface area contributed by atoms with Gasteiger partial charge in [0.15, 0.2) is 0 Å². The number of hydrogen-bond acceptors (Lipinski definition) is 9. The standard InChI is InChI=1S/C26H25F3N6O3S/c1-15-8-18(20-12-32-23(39-20)25(37)5-2-17(3-6-25)22(30)36)10-19(9-15)35(13-16-11-33-38-14-16)24-31-7-4-21(34-24)26(27,28)29/h4,7-12,14,17,37H,2-3,5-6,13H2,1H3,(H2,30,36). The first kappa shape index (κ1) is 26.8. The minimum Gasteiger partial charge on any atom is -0.383 e. The van der Waals surface area contributed by atoms with Crippen LogP contribution in [0.4, 0.5) is 24.8 Å². The Morgan fingerprint density at radius 2 is 2.00 bits per heavy atom. The number of aliphatic hydroxyl groups is 1. The van der Waals surface area contributed by atoms with Gasteiger partial charge in [0.1, 0.15) is 22.6 Å². The molecule has 13 heteroatoms. The zero-order valence-electron chi connectivity index (χ0n) is 20.9. The van der Waals surface area contributed by atoms with Gasteiger partial charge >= 0.3 is 6.18 Å². The highest BCUT2D eigenvalue weighted by molar-refractivity contribution is 7.15. The molecule has 0 aliphatic heterocycles. The molecule has 1 amide bonds. The largest absolute Gasteiger partial charge is 0.433 e. The minimum absolute atomic E-state index is 0.114. The first-order chi connectivity index (χ1) is 18.5. The first-order valence-corrected chi connectivity index (χ1v) is 13.0. The van der Waals surface area contributed by atoms with Crippen LogP contribution in [0.5, 0.6) is 0 Å². The van der Waals surface area contributed by atoms with Gasteiger partial charge in [-0.2, -0.15) is 13.2 Å². The van der Waals surface area contributed by atoms with E-state index in [9.17, 15) is 23.1 Å². The summed E-state index contributed by atoms with van der Waals surface area (Å²) in [5.74, 6) is -0.740. The number of amides is 1. The Bertz CT molecular complexity index is 1470. The molecule has 0 spiro atoms. The molecule has 1 aromatic carbocycles. The van der Waals surface area contributed by atoms with Crippen molar-refractivity contribution in [3.05, 3.63) is 70.9 Å². The normalized spacial score (nSPS) is 19.7. The molecule has 0 unspecified atom stereocenters. The predicted molar refractivity (Wildman–Crippen MR) is 137 cm³/mol. The van der Waals surface area contributed by atoms with E-state index in [1.807, 2.05) is 25.1 Å². The Hall–Kier alpha value is -3.84. The summed E-state index contributed by atoms with van der Waals surface area (Å²) in [7, 11) is 0. The number of benzene rings is 1. The van der Waals surface area contributed by atoms with E-state index in [0.29, 0.717) is 41.9 Å². The van der Waals surface area contributed by atoms with Crippen LogP contribution in [0, 0.1) is 12.8 Å². The lowest BCUT2D eigenvalue weighted by molar-refractivity contribution is -0.141. The highest BCUT2D eigenvalue weighted by Crippen LogP contribution is 2.43. The molecular formula is C26H25F3N6O3S. The van der Waals surface area contributed by atoms with Gasteiger partial charge in [0.2, 0.25) is 11.9 Å². The average molecular weight is 559 g/mol. The number of carbonyl (C=O) groups excluding carboxylic acids is 1. The molecule has 9 nitrogen and oxygen atoms in total. The van der Waals surface area contributed by atoms with Crippen LogP contribution in [0.2, 0.25) is 0 Å². The SMILES string of the molecule is Cc1cc(-c2cnc(C3(O)CCC(C(N)=O)CC3)s2)cc(N(Cc2cnoc2)c2nccc(C(F)(F)F)n2)c1. The van der Waals surface area contributed by atoms with Crippen LogP contribution < -0.4 is 10.6 Å². The number of rotatable bonds is 7. The number of carbonyl (C=O) groups is 1. The van der Waals surface area contributed by atoms with Crippen molar-refractivity contribution < 1.29 is 27.6 Å². The molecule has 1 fully saturated rings. The zero-order chi connectivity index (χ0) is 27.8. The van der Waals surface area contributed by atoms with Crippen LogP contribution in [-0.2, 0) is 23.1 Å². The Balaban J connectivity index is 1.49. The highest BCUT2D eigenvalue weighted by atomic mass is 32.1. The number of hydrogen-bond donors (Lipinski definition) is 2. The summed E-state index contributed by atoms with van der Waals surface area (Å²) in [5.41, 5.74) is 6.02. The summed E-state index contributed by atoms with van der Waals surface area (Å²) < 4.78 is 45.2. The van der Waals surface area contributed by atoms with Gasteiger partial charge in [-0.05, 0) is 61.9 Å². The topological polar surface area (TPSA) is 131 Å². The lowest BCUT2D eigenvalue weighted by Crippen LogP contribution is -2.35. The fourth-order valence-corrected chi connectivity index (χ4v) is 5.73. The smallest absolute Gasteiger partial charge is 0.383 e. The molecule has 0 atom stereocenters. The van der Waals surface area contributed by atoms with Crippen molar-refractivity contribution in [1.82, 2.24) is 20.1 Å². The number of alkyl halides is 3. The number of primary amides is 1.